The maximum Gasteiger partial charge on any atom is 0.274 e. The number of carbonyl (C=O) groups is 1. The normalized spacial score (nSPS) is 10.8. The average molecular weight is 412 g/mol. The standard InChI is InChI=1S/C25H24N4O2/c30-24(14-6-10-19-8-2-1-3-9-19)27-17-23-21-12-4-5-13-22(21)25(31)29(28-23)18-20-11-7-15-26-16-20/h1-5,7-9,11-13,15-16H,6,10,14,17-18H2,(H,27,30). The van der Waals surface area contributed by atoms with Crippen LogP contribution in [0.1, 0.15) is 29.7 Å². The molecule has 156 valence electrons. The maximum absolute atomic E-state index is 12.9. The number of hydrogen-bond donors (Lipinski definition) is 1. The molecule has 0 unspecified atom stereocenters. The molecule has 2 aromatic heterocycles. The number of fused-ring (bicyclic) bond motifs is 1. The Morgan fingerprint density at radius 2 is 1.65 bits per heavy atom. The van der Waals surface area contributed by atoms with Gasteiger partial charge in [-0.05, 0) is 36.1 Å². The van der Waals surface area contributed by atoms with Gasteiger partial charge >= 0.3 is 0 Å². The zero-order chi connectivity index (χ0) is 21.5. The molecule has 1 N–H and O–H groups in total. The Kier molecular flexibility index (Phi) is 6.47. The quantitative estimate of drug-likeness (QED) is 0.481. The summed E-state index contributed by atoms with van der Waals surface area (Å²) >= 11 is 0. The van der Waals surface area contributed by atoms with Gasteiger partial charge in [-0.25, -0.2) is 4.68 Å². The van der Waals surface area contributed by atoms with Crippen molar-refractivity contribution < 1.29 is 4.79 Å². The lowest BCUT2D eigenvalue weighted by molar-refractivity contribution is -0.121. The fourth-order valence-electron chi connectivity index (χ4n) is 3.58. The van der Waals surface area contributed by atoms with Gasteiger partial charge in [-0.15, -0.1) is 0 Å². The molecule has 0 aliphatic carbocycles. The Labute approximate surface area is 180 Å². The van der Waals surface area contributed by atoms with Crippen LogP contribution in [0.25, 0.3) is 10.8 Å². The molecule has 0 bridgehead atoms. The van der Waals surface area contributed by atoms with Crippen molar-refractivity contribution in [1.82, 2.24) is 20.1 Å². The van der Waals surface area contributed by atoms with Crippen LogP contribution in [0, 0.1) is 0 Å². The minimum absolute atomic E-state index is 0.0215. The average Bonchev–Trinajstić information content (AvgIpc) is 2.81. The molecular weight excluding hydrogens is 388 g/mol. The van der Waals surface area contributed by atoms with Gasteiger partial charge in [0.2, 0.25) is 5.91 Å². The van der Waals surface area contributed by atoms with Crippen LogP contribution >= 0.6 is 0 Å². The largest absolute Gasteiger partial charge is 0.350 e. The van der Waals surface area contributed by atoms with Gasteiger partial charge in [-0.1, -0.05) is 54.6 Å². The van der Waals surface area contributed by atoms with E-state index < -0.39 is 0 Å². The molecule has 0 saturated carbocycles. The van der Waals surface area contributed by atoms with Crippen LogP contribution in [0.15, 0.2) is 83.9 Å². The maximum atomic E-state index is 12.9. The molecule has 6 heteroatoms. The summed E-state index contributed by atoms with van der Waals surface area (Å²) in [5.41, 5.74) is 2.64. The summed E-state index contributed by atoms with van der Waals surface area (Å²) in [7, 11) is 0. The molecule has 31 heavy (non-hydrogen) atoms. The number of aromatic nitrogens is 3. The molecule has 0 aliphatic heterocycles. The van der Waals surface area contributed by atoms with E-state index in [2.05, 4.69) is 27.5 Å². The molecule has 0 spiro atoms. The van der Waals surface area contributed by atoms with Crippen molar-refractivity contribution in [2.75, 3.05) is 0 Å². The van der Waals surface area contributed by atoms with E-state index in [9.17, 15) is 9.59 Å². The highest BCUT2D eigenvalue weighted by atomic mass is 16.1. The van der Waals surface area contributed by atoms with Crippen molar-refractivity contribution in [1.29, 1.82) is 0 Å². The van der Waals surface area contributed by atoms with Crippen LogP contribution in [0.4, 0.5) is 0 Å². The van der Waals surface area contributed by atoms with Crippen LogP contribution in [-0.2, 0) is 24.3 Å². The number of rotatable bonds is 8. The first kappa shape index (κ1) is 20.5. The van der Waals surface area contributed by atoms with E-state index in [0.717, 1.165) is 23.8 Å². The molecule has 2 aromatic carbocycles. The third-order valence-electron chi connectivity index (χ3n) is 5.16. The Morgan fingerprint density at radius 3 is 2.42 bits per heavy atom. The first-order chi connectivity index (χ1) is 15.2. The number of nitrogens with zero attached hydrogens (tertiary/aromatic N) is 3. The lowest BCUT2D eigenvalue weighted by atomic mass is 10.1. The molecule has 0 radical (unpaired) electrons. The van der Waals surface area contributed by atoms with Crippen LogP contribution in [-0.4, -0.2) is 20.7 Å². The highest BCUT2D eigenvalue weighted by molar-refractivity contribution is 5.84. The summed E-state index contributed by atoms with van der Waals surface area (Å²) < 4.78 is 1.44. The SMILES string of the molecule is O=C(CCCc1ccccc1)NCc1nn(Cc2cccnc2)c(=O)c2ccccc12. The molecule has 0 saturated heterocycles. The van der Waals surface area contributed by atoms with E-state index in [1.54, 1.807) is 18.5 Å². The Balaban J connectivity index is 1.47. The van der Waals surface area contributed by atoms with E-state index in [1.165, 1.54) is 10.2 Å². The summed E-state index contributed by atoms with van der Waals surface area (Å²) in [4.78, 5) is 29.4. The van der Waals surface area contributed by atoms with E-state index in [4.69, 9.17) is 0 Å². The van der Waals surface area contributed by atoms with Gasteiger partial charge in [0.25, 0.3) is 5.56 Å². The summed E-state index contributed by atoms with van der Waals surface area (Å²) in [5, 5.41) is 8.87. The third-order valence-corrected chi connectivity index (χ3v) is 5.16. The number of pyridine rings is 1. The van der Waals surface area contributed by atoms with Gasteiger partial charge in [0, 0.05) is 24.2 Å². The zero-order valence-corrected chi connectivity index (χ0v) is 17.2. The second kappa shape index (κ2) is 9.80. The molecular formula is C25H24N4O2. The molecule has 4 aromatic rings. The second-order valence-electron chi connectivity index (χ2n) is 7.43. The number of carbonyl (C=O) groups excluding carboxylic acids is 1. The Hall–Kier alpha value is -3.80. The minimum atomic E-state index is -0.155. The van der Waals surface area contributed by atoms with E-state index >= 15 is 0 Å². The van der Waals surface area contributed by atoms with Gasteiger partial charge < -0.3 is 5.32 Å². The number of aryl methyl sites for hydroxylation is 1. The smallest absolute Gasteiger partial charge is 0.274 e. The van der Waals surface area contributed by atoms with Crippen molar-refractivity contribution in [3.63, 3.8) is 0 Å². The number of nitrogens with one attached hydrogen (secondary N) is 1. The summed E-state index contributed by atoms with van der Waals surface area (Å²) in [5.74, 6) is -0.0215. The number of benzene rings is 2. The highest BCUT2D eigenvalue weighted by Gasteiger charge is 2.12. The van der Waals surface area contributed by atoms with Crippen molar-refractivity contribution in [2.24, 2.45) is 0 Å². The Morgan fingerprint density at radius 1 is 0.903 bits per heavy atom. The summed E-state index contributed by atoms with van der Waals surface area (Å²) in [6, 6.07) is 21.3. The number of hydrogen-bond acceptors (Lipinski definition) is 4. The topological polar surface area (TPSA) is 76.9 Å². The van der Waals surface area contributed by atoms with Gasteiger partial charge in [0.15, 0.2) is 0 Å². The predicted octanol–water partition coefficient (Wildman–Crippen LogP) is 3.48. The fraction of sp³-hybridized carbons (Fsp3) is 0.200. The lowest BCUT2D eigenvalue weighted by Crippen LogP contribution is -2.29. The monoisotopic (exact) mass is 412 g/mol. The Bertz CT molecular complexity index is 1220. The number of amides is 1. The first-order valence-corrected chi connectivity index (χ1v) is 10.4. The predicted molar refractivity (Wildman–Crippen MR) is 121 cm³/mol. The van der Waals surface area contributed by atoms with Crippen molar-refractivity contribution in [3.05, 3.63) is 106 Å². The van der Waals surface area contributed by atoms with Crippen LogP contribution in [0.3, 0.4) is 0 Å². The zero-order valence-electron chi connectivity index (χ0n) is 17.2. The van der Waals surface area contributed by atoms with Crippen molar-refractivity contribution >= 4 is 16.7 Å². The third kappa shape index (κ3) is 5.22. The summed E-state index contributed by atoms with van der Waals surface area (Å²) in [6.07, 6.45) is 5.51. The molecule has 1 amide bonds. The molecule has 0 fully saturated rings. The molecule has 6 nitrogen and oxygen atoms in total. The van der Waals surface area contributed by atoms with Gasteiger partial charge in [0.05, 0.1) is 24.2 Å². The van der Waals surface area contributed by atoms with Crippen LogP contribution in [0.5, 0.6) is 0 Å². The van der Waals surface area contributed by atoms with Crippen molar-refractivity contribution in [2.45, 2.75) is 32.4 Å². The van der Waals surface area contributed by atoms with E-state index in [0.29, 0.717) is 24.0 Å². The van der Waals surface area contributed by atoms with Crippen molar-refractivity contribution in [3.8, 4) is 0 Å². The molecule has 2 heterocycles. The first-order valence-electron chi connectivity index (χ1n) is 10.4. The fourth-order valence-corrected chi connectivity index (χ4v) is 3.58. The van der Waals surface area contributed by atoms with Gasteiger partial charge in [-0.2, -0.15) is 5.10 Å². The van der Waals surface area contributed by atoms with E-state index in [-0.39, 0.29) is 18.0 Å². The lowest BCUT2D eigenvalue weighted by Gasteiger charge is -2.12. The summed E-state index contributed by atoms with van der Waals surface area (Å²) in [6.45, 7) is 0.605. The van der Waals surface area contributed by atoms with E-state index in [1.807, 2.05) is 48.5 Å². The minimum Gasteiger partial charge on any atom is -0.350 e. The molecule has 0 aliphatic rings. The highest BCUT2D eigenvalue weighted by Crippen LogP contribution is 2.14. The van der Waals surface area contributed by atoms with Gasteiger partial charge in [0.1, 0.15) is 0 Å². The second-order valence-corrected chi connectivity index (χ2v) is 7.43. The van der Waals surface area contributed by atoms with Gasteiger partial charge in [-0.3, -0.25) is 14.6 Å². The molecule has 4 rings (SSSR count). The van der Waals surface area contributed by atoms with Crippen LogP contribution in [0.2, 0.25) is 0 Å². The van der Waals surface area contributed by atoms with Crippen LogP contribution < -0.4 is 10.9 Å². The molecule has 0 atom stereocenters.